The van der Waals surface area contributed by atoms with Gasteiger partial charge in [0.05, 0.1) is 0 Å². The Bertz CT molecular complexity index is 1000. The Balaban J connectivity index is 2.49. The number of halogens is 6. The summed E-state index contributed by atoms with van der Waals surface area (Å²) in [5.41, 5.74) is -8.67. The van der Waals surface area contributed by atoms with Crippen LogP contribution < -0.4 is 9.47 Å². The zero-order valence-electron chi connectivity index (χ0n) is 20.8. The lowest BCUT2D eigenvalue weighted by molar-refractivity contribution is -0.288. The van der Waals surface area contributed by atoms with Crippen molar-refractivity contribution in [1.29, 1.82) is 0 Å². The van der Waals surface area contributed by atoms with Crippen molar-refractivity contribution in [2.75, 3.05) is 0 Å². The van der Waals surface area contributed by atoms with Crippen molar-refractivity contribution in [3.63, 3.8) is 0 Å². The first-order valence-corrected chi connectivity index (χ1v) is 10.8. The molecule has 0 spiro atoms. The molecule has 0 radical (unpaired) electrons. The Morgan fingerprint density at radius 2 is 0.811 bits per heavy atom. The van der Waals surface area contributed by atoms with E-state index in [1.54, 1.807) is 41.5 Å². The highest BCUT2D eigenvalue weighted by Crippen LogP contribution is 2.56. The maximum atomic E-state index is 14.3. The summed E-state index contributed by atoms with van der Waals surface area (Å²) >= 11 is 0. The molecule has 0 saturated heterocycles. The summed E-state index contributed by atoms with van der Waals surface area (Å²) in [7, 11) is 0. The van der Waals surface area contributed by atoms with Crippen LogP contribution >= 0.6 is 0 Å². The van der Waals surface area contributed by atoms with Gasteiger partial charge in [0, 0.05) is 0 Å². The molecule has 0 bridgehead atoms. The third-order valence-electron chi connectivity index (χ3n) is 4.61. The molecule has 0 aromatic heterocycles. The summed E-state index contributed by atoms with van der Waals surface area (Å²) < 4.78 is 105. The first-order valence-electron chi connectivity index (χ1n) is 10.8. The third kappa shape index (κ3) is 7.30. The third-order valence-corrected chi connectivity index (χ3v) is 4.61. The minimum absolute atomic E-state index is 0.322. The molecule has 37 heavy (non-hydrogen) atoms. The number of rotatable bonds is 4. The molecular formula is C25H26F6O6. The molecule has 0 aliphatic heterocycles. The molecule has 0 aliphatic carbocycles. The second kappa shape index (κ2) is 10.1. The quantitative estimate of drug-likeness (QED) is 0.226. The van der Waals surface area contributed by atoms with Gasteiger partial charge in [0.2, 0.25) is 5.41 Å². The molecular weight excluding hydrogens is 510 g/mol. The van der Waals surface area contributed by atoms with Crippen LogP contribution in [0.2, 0.25) is 0 Å². The van der Waals surface area contributed by atoms with Crippen molar-refractivity contribution in [1.82, 2.24) is 0 Å². The van der Waals surface area contributed by atoms with E-state index in [2.05, 4.69) is 0 Å². The van der Waals surface area contributed by atoms with Crippen LogP contribution in [0.5, 0.6) is 11.5 Å². The van der Waals surface area contributed by atoms with Crippen molar-refractivity contribution in [2.24, 2.45) is 0 Å². The number of benzene rings is 2. The van der Waals surface area contributed by atoms with Gasteiger partial charge in [-0.25, -0.2) is 9.59 Å². The van der Waals surface area contributed by atoms with Crippen LogP contribution in [0.4, 0.5) is 35.9 Å². The first kappa shape index (κ1) is 29.8. The second-order valence-electron chi connectivity index (χ2n) is 9.93. The number of ether oxygens (including phenoxy) is 4. The maximum Gasteiger partial charge on any atom is 0.514 e. The molecule has 0 aliphatic rings. The largest absolute Gasteiger partial charge is 0.514 e. The van der Waals surface area contributed by atoms with Crippen molar-refractivity contribution in [2.45, 2.75) is 70.5 Å². The maximum absolute atomic E-state index is 14.3. The van der Waals surface area contributed by atoms with Gasteiger partial charge in [-0.15, -0.1) is 0 Å². The van der Waals surface area contributed by atoms with Gasteiger partial charge < -0.3 is 18.9 Å². The molecule has 0 unspecified atom stereocenters. The van der Waals surface area contributed by atoms with Crippen LogP contribution in [-0.2, 0) is 14.9 Å². The predicted molar refractivity (Wildman–Crippen MR) is 119 cm³/mol. The SMILES string of the molecule is CC(C)(C)OC(=O)Oc1ccc(C(c2ccc(OC(=O)OC(C)(C)C)cc2)(C(F)(F)F)C(F)(F)F)cc1. The van der Waals surface area contributed by atoms with E-state index >= 15 is 0 Å². The summed E-state index contributed by atoms with van der Waals surface area (Å²) in [4.78, 5) is 23.6. The van der Waals surface area contributed by atoms with Crippen molar-refractivity contribution in [3.05, 3.63) is 59.7 Å². The highest BCUT2D eigenvalue weighted by molar-refractivity contribution is 5.65. The molecule has 12 heteroatoms. The first-order chi connectivity index (χ1) is 16.7. The standard InChI is InChI=1S/C25H26F6O6/c1-21(2,3)36-19(32)34-17-11-7-15(8-12-17)23(24(26,27)28,25(29,30)31)16-9-13-18(14-10-16)35-20(33)37-22(4,5)6/h7-14H,1-6H3. The van der Waals surface area contributed by atoms with E-state index in [-0.39, 0.29) is 11.5 Å². The number of hydrogen-bond donors (Lipinski definition) is 0. The Morgan fingerprint density at radius 1 is 0.541 bits per heavy atom. The number of carbonyl (C=O) groups excluding carboxylic acids is 2. The fraction of sp³-hybridized carbons (Fsp3) is 0.440. The smallest absolute Gasteiger partial charge is 0.428 e. The summed E-state index contributed by atoms with van der Waals surface area (Å²) in [5, 5.41) is 0. The van der Waals surface area contributed by atoms with Crippen molar-refractivity contribution >= 4 is 12.3 Å². The molecule has 0 fully saturated rings. The number of alkyl halides is 6. The molecule has 0 amide bonds. The number of carbonyl (C=O) groups is 2. The van der Waals surface area contributed by atoms with Gasteiger partial charge >= 0.3 is 24.7 Å². The van der Waals surface area contributed by atoms with Crippen LogP contribution in [0.3, 0.4) is 0 Å². The highest BCUT2D eigenvalue weighted by Gasteiger charge is 2.72. The minimum Gasteiger partial charge on any atom is -0.428 e. The van der Waals surface area contributed by atoms with Crippen LogP contribution in [-0.4, -0.2) is 35.9 Å². The average Bonchev–Trinajstić information content (AvgIpc) is 2.66. The Morgan fingerprint density at radius 3 is 1.03 bits per heavy atom. The average molecular weight is 536 g/mol. The highest BCUT2D eigenvalue weighted by atomic mass is 19.4. The van der Waals surface area contributed by atoms with Gasteiger partial charge in [0.25, 0.3) is 0 Å². The number of hydrogen-bond acceptors (Lipinski definition) is 6. The molecule has 0 N–H and O–H groups in total. The molecule has 6 nitrogen and oxygen atoms in total. The van der Waals surface area contributed by atoms with Gasteiger partial charge in [0.15, 0.2) is 0 Å². The monoisotopic (exact) mass is 536 g/mol. The molecule has 0 saturated carbocycles. The zero-order chi connectivity index (χ0) is 28.4. The van der Waals surface area contributed by atoms with Gasteiger partial charge in [-0.2, -0.15) is 26.3 Å². The molecule has 0 atom stereocenters. The molecule has 2 rings (SSSR count). The molecule has 204 valence electrons. The van der Waals surface area contributed by atoms with Gasteiger partial charge in [-0.05, 0) is 76.9 Å². The van der Waals surface area contributed by atoms with E-state index in [0.717, 1.165) is 24.3 Å². The Labute approximate surface area is 209 Å². The van der Waals surface area contributed by atoms with E-state index in [1.807, 2.05) is 0 Å². The van der Waals surface area contributed by atoms with Crippen LogP contribution in [0.1, 0.15) is 52.7 Å². The second-order valence-corrected chi connectivity index (χ2v) is 9.93. The summed E-state index contributed by atoms with van der Waals surface area (Å²) in [6.45, 7) is 9.26. The lowest BCUT2D eigenvalue weighted by atomic mass is 9.73. The minimum atomic E-state index is -5.84. The van der Waals surface area contributed by atoms with Gasteiger partial charge in [-0.3, -0.25) is 0 Å². The predicted octanol–water partition coefficient (Wildman–Crippen LogP) is 7.73. The van der Waals surface area contributed by atoms with Crippen LogP contribution in [0, 0.1) is 0 Å². The van der Waals surface area contributed by atoms with Gasteiger partial charge in [0.1, 0.15) is 22.7 Å². The van der Waals surface area contributed by atoms with E-state index in [0.29, 0.717) is 24.3 Å². The van der Waals surface area contributed by atoms with E-state index in [9.17, 15) is 35.9 Å². The van der Waals surface area contributed by atoms with E-state index in [1.165, 1.54) is 0 Å². The Kier molecular flexibility index (Phi) is 8.16. The topological polar surface area (TPSA) is 71.1 Å². The zero-order valence-corrected chi connectivity index (χ0v) is 20.8. The normalized spacial score (nSPS) is 13.1. The van der Waals surface area contributed by atoms with Crippen LogP contribution in [0.15, 0.2) is 48.5 Å². The fourth-order valence-corrected chi connectivity index (χ4v) is 3.26. The van der Waals surface area contributed by atoms with E-state index in [4.69, 9.17) is 18.9 Å². The van der Waals surface area contributed by atoms with Gasteiger partial charge in [-0.1, -0.05) is 24.3 Å². The molecule has 2 aromatic rings. The summed E-state index contributed by atoms with van der Waals surface area (Å²) in [6, 6.07) is 5.43. The van der Waals surface area contributed by atoms with Crippen molar-refractivity contribution in [3.8, 4) is 11.5 Å². The van der Waals surface area contributed by atoms with Crippen molar-refractivity contribution < 1.29 is 54.9 Å². The molecule has 2 aromatic carbocycles. The Hall–Kier alpha value is -3.44. The lowest BCUT2D eigenvalue weighted by Gasteiger charge is -2.38. The molecule has 0 heterocycles. The summed E-state index contributed by atoms with van der Waals surface area (Å²) in [6.07, 6.45) is -14.0. The lowest BCUT2D eigenvalue weighted by Crippen LogP contribution is -2.54. The van der Waals surface area contributed by atoms with E-state index < -0.39 is 52.4 Å². The summed E-state index contributed by atoms with van der Waals surface area (Å²) in [5.74, 6) is -0.644. The van der Waals surface area contributed by atoms with Crippen LogP contribution in [0.25, 0.3) is 0 Å². The fourth-order valence-electron chi connectivity index (χ4n) is 3.26.